The molecule has 0 atom stereocenters. The summed E-state index contributed by atoms with van der Waals surface area (Å²) in [6.07, 6.45) is -0.171. The zero-order valence-corrected chi connectivity index (χ0v) is 22.5. The van der Waals surface area contributed by atoms with Gasteiger partial charge in [0.05, 0.1) is 34.2 Å². The number of sulfonamides is 1. The Morgan fingerprint density at radius 2 is 1.34 bits per heavy atom. The molecule has 7 nitrogen and oxygen atoms in total. The number of hydrogen-bond donors (Lipinski definition) is 3. The van der Waals surface area contributed by atoms with Gasteiger partial charge in [0, 0.05) is 0 Å². The molecule has 2 rings (SSSR count). The molecule has 8 heteroatoms. The average Bonchev–Trinajstić information content (AvgIpc) is 2.71. The maximum Gasteiger partial charge on any atom is 0.264 e. The number of aliphatic hydroxyl groups is 2. The number of rotatable bonds is 8. The summed E-state index contributed by atoms with van der Waals surface area (Å²) < 4.78 is 28.5. The molecule has 0 aliphatic carbocycles. The first-order chi connectivity index (χ1) is 15.9. The second-order valence-corrected chi connectivity index (χ2v) is 12.3. The van der Waals surface area contributed by atoms with Gasteiger partial charge in [0.15, 0.2) is 0 Å². The highest BCUT2D eigenvalue weighted by molar-refractivity contribution is 7.90. The summed E-state index contributed by atoms with van der Waals surface area (Å²) in [4.78, 5) is 12.8. The van der Waals surface area contributed by atoms with Gasteiger partial charge >= 0.3 is 0 Å². The lowest BCUT2D eigenvalue weighted by Gasteiger charge is -2.24. The van der Waals surface area contributed by atoms with E-state index in [1.54, 1.807) is 18.2 Å². The van der Waals surface area contributed by atoms with Gasteiger partial charge in [-0.15, -0.1) is 0 Å². The zero-order valence-electron chi connectivity index (χ0n) is 21.7. The van der Waals surface area contributed by atoms with E-state index in [1.807, 2.05) is 27.7 Å². The van der Waals surface area contributed by atoms with Crippen LogP contribution in [0.5, 0.6) is 0 Å². The minimum absolute atomic E-state index is 0.0259. The highest BCUT2D eigenvalue weighted by Crippen LogP contribution is 2.31. The second kappa shape index (κ2) is 10.1. The fourth-order valence-electron chi connectivity index (χ4n) is 3.88. The van der Waals surface area contributed by atoms with Crippen molar-refractivity contribution in [2.75, 3.05) is 0 Å². The molecule has 2 aromatic carbocycles. The van der Waals surface area contributed by atoms with E-state index in [-0.39, 0.29) is 23.2 Å². The Kier molecular flexibility index (Phi) is 8.22. The number of nitriles is 1. The highest BCUT2D eigenvalue weighted by Gasteiger charge is 2.28. The van der Waals surface area contributed by atoms with E-state index < -0.39 is 27.1 Å². The monoisotopic (exact) mass is 500 g/mol. The van der Waals surface area contributed by atoms with Crippen molar-refractivity contribution < 1.29 is 23.4 Å². The predicted octanol–water partition coefficient (Wildman–Crippen LogP) is 4.31. The molecule has 1 amide bonds. The summed E-state index contributed by atoms with van der Waals surface area (Å²) in [6, 6.07) is 9.79. The van der Waals surface area contributed by atoms with Crippen LogP contribution in [0.15, 0.2) is 35.2 Å². The molecule has 2 aromatic rings. The molecular formula is C27H36N2O5S. The van der Waals surface area contributed by atoms with Crippen LogP contribution < -0.4 is 4.72 Å². The van der Waals surface area contributed by atoms with Crippen LogP contribution in [0.3, 0.4) is 0 Å². The van der Waals surface area contributed by atoms with Crippen LogP contribution in [0.1, 0.15) is 101 Å². The quantitative estimate of drug-likeness (QED) is 0.496. The Balaban J connectivity index is 2.51. The van der Waals surface area contributed by atoms with Crippen LogP contribution in [0, 0.1) is 11.3 Å². The zero-order chi connectivity index (χ0) is 26.9. The largest absolute Gasteiger partial charge is 0.386 e. The van der Waals surface area contributed by atoms with Crippen molar-refractivity contribution in [3.63, 3.8) is 0 Å². The Morgan fingerprint density at radius 1 is 0.914 bits per heavy atom. The Morgan fingerprint density at radius 3 is 1.69 bits per heavy atom. The molecule has 3 N–H and O–H groups in total. The molecule has 35 heavy (non-hydrogen) atoms. The topological polar surface area (TPSA) is 127 Å². The number of nitrogens with one attached hydrogen (secondary N) is 1. The van der Waals surface area contributed by atoms with Crippen LogP contribution in [-0.2, 0) is 32.4 Å². The maximum atomic E-state index is 13.2. The van der Waals surface area contributed by atoms with Gasteiger partial charge in [-0.3, -0.25) is 4.79 Å². The summed E-state index contributed by atoms with van der Waals surface area (Å²) in [5.74, 6) is -0.659. The van der Waals surface area contributed by atoms with Crippen LogP contribution in [0.2, 0.25) is 0 Å². The number of amides is 1. The number of benzene rings is 2. The van der Waals surface area contributed by atoms with Gasteiger partial charge in [-0.1, -0.05) is 33.8 Å². The standard InChI is InChI=1S/C27H36N2O5S/c1-16(2)22-9-18(15-28)10-23(17(3)4)24(22)14-25(30)29-35(33,34)21-12-19(26(5,6)31)11-20(13-21)27(7,8)32/h9-13,16-17,31-32H,14H2,1-8H3,(H,29,30). The fraction of sp³-hybridized carbons (Fsp3) is 0.481. The normalized spacial score (nSPS) is 12.7. The first kappa shape index (κ1) is 28.5. The molecule has 0 radical (unpaired) electrons. The van der Waals surface area contributed by atoms with E-state index in [0.717, 1.165) is 11.1 Å². The van der Waals surface area contributed by atoms with Crippen molar-refractivity contribution in [3.8, 4) is 6.07 Å². The third kappa shape index (κ3) is 6.91. The highest BCUT2D eigenvalue weighted by atomic mass is 32.2. The minimum atomic E-state index is -4.30. The van der Waals surface area contributed by atoms with Crippen LogP contribution >= 0.6 is 0 Å². The van der Waals surface area contributed by atoms with E-state index in [1.165, 1.54) is 39.8 Å². The third-order valence-electron chi connectivity index (χ3n) is 5.91. The predicted molar refractivity (Wildman–Crippen MR) is 135 cm³/mol. The van der Waals surface area contributed by atoms with Gasteiger partial charge in [-0.2, -0.15) is 5.26 Å². The molecule has 0 aromatic heterocycles. The number of nitrogens with zero attached hydrogens (tertiary/aromatic N) is 1. The van der Waals surface area contributed by atoms with Crippen LogP contribution in [0.25, 0.3) is 0 Å². The molecule has 0 bridgehead atoms. The molecular weight excluding hydrogens is 464 g/mol. The lowest BCUT2D eigenvalue weighted by Crippen LogP contribution is -2.33. The summed E-state index contributed by atoms with van der Waals surface area (Å²) in [5.41, 5.74) is 0.720. The van der Waals surface area contributed by atoms with Gasteiger partial charge in [0.1, 0.15) is 0 Å². The maximum absolute atomic E-state index is 13.2. The fourth-order valence-corrected chi connectivity index (χ4v) is 4.94. The Labute approximate surface area is 208 Å². The molecule has 190 valence electrons. The van der Waals surface area contributed by atoms with Crippen molar-refractivity contribution in [2.24, 2.45) is 0 Å². The molecule has 0 saturated heterocycles. The van der Waals surface area contributed by atoms with Crippen molar-refractivity contribution in [1.82, 2.24) is 4.72 Å². The Hall–Kier alpha value is -2.73. The number of hydrogen-bond acceptors (Lipinski definition) is 6. The van der Waals surface area contributed by atoms with Gasteiger partial charge < -0.3 is 10.2 Å². The number of carbonyl (C=O) groups is 1. The molecule has 0 fully saturated rings. The minimum Gasteiger partial charge on any atom is -0.386 e. The first-order valence-electron chi connectivity index (χ1n) is 11.6. The van der Waals surface area contributed by atoms with E-state index >= 15 is 0 Å². The van der Waals surface area contributed by atoms with E-state index in [4.69, 9.17) is 0 Å². The summed E-state index contributed by atoms with van der Waals surface area (Å²) in [7, 11) is -4.30. The first-order valence-corrected chi connectivity index (χ1v) is 13.1. The van der Waals surface area contributed by atoms with Crippen molar-refractivity contribution >= 4 is 15.9 Å². The average molecular weight is 501 g/mol. The molecule has 0 spiro atoms. The van der Waals surface area contributed by atoms with E-state index in [2.05, 4.69) is 10.8 Å². The third-order valence-corrected chi connectivity index (χ3v) is 7.26. The van der Waals surface area contributed by atoms with E-state index in [9.17, 15) is 28.7 Å². The van der Waals surface area contributed by atoms with Crippen molar-refractivity contribution in [2.45, 2.75) is 89.7 Å². The summed E-state index contributed by atoms with van der Waals surface area (Å²) in [5, 5.41) is 30.4. The van der Waals surface area contributed by atoms with Crippen molar-refractivity contribution in [3.05, 3.63) is 63.7 Å². The van der Waals surface area contributed by atoms with Gasteiger partial charge in [-0.05, 0) is 91.6 Å². The summed E-state index contributed by atoms with van der Waals surface area (Å²) >= 11 is 0. The van der Waals surface area contributed by atoms with E-state index in [0.29, 0.717) is 22.3 Å². The summed E-state index contributed by atoms with van der Waals surface area (Å²) in [6.45, 7) is 13.9. The van der Waals surface area contributed by atoms with Gasteiger partial charge in [-0.25, -0.2) is 13.1 Å². The molecule has 0 heterocycles. The second-order valence-electron chi connectivity index (χ2n) is 10.6. The Bertz CT molecular complexity index is 1200. The van der Waals surface area contributed by atoms with Crippen LogP contribution in [0.4, 0.5) is 0 Å². The number of carbonyl (C=O) groups excluding carboxylic acids is 1. The smallest absolute Gasteiger partial charge is 0.264 e. The van der Waals surface area contributed by atoms with Crippen molar-refractivity contribution in [1.29, 1.82) is 5.26 Å². The van der Waals surface area contributed by atoms with Crippen LogP contribution in [-0.4, -0.2) is 24.5 Å². The van der Waals surface area contributed by atoms with Gasteiger partial charge in [0.2, 0.25) is 5.91 Å². The van der Waals surface area contributed by atoms with Gasteiger partial charge in [0.25, 0.3) is 10.0 Å². The lowest BCUT2D eigenvalue weighted by molar-refractivity contribution is -0.118. The molecule has 0 aliphatic heterocycles. The lowest BCUT2D eigenvalue weighted by atomic mass is 9.85. The SMILES string of the molecule is CC(C)c1cc(C#N)cc(C(C)C)c1CC(=O)NS(=O)(=O)c1cc(C(C)(C)O)cc(C(C)(C)O)c1. The molecule has 0 aliphatic rings. The molecule has 0 unspecified atom stereocenters. The molecule has 0 saturated carbocycles.